The van der Waals surface area contributed by atoms with Crippen LogP contribution in [-0.4, -0.2) is 11.2 Å². The molecule has 1 nitrogen and oxygen atoms in total. The van der Waals surface area contributed by atoms with Gasteiger partial charge in [-0.1, -0.05) is 6.92 Å². The molecule has 0 aliphatic heterocycles. The maximum Gasteiger partial charge on any atom is 0.0542 e. The summed E-state index contributed by atoms with van der Waals surface area (Å²) in [5.74, 6) is 0.773. The lowest BCUT2D eigenvalue weighted by atomic mass is 10.1. The average Bonchev–Trinajstić information content (AvgIpc) is 1.87. The molecular weight excluding hydrogens is 88.1 g/mol. The first-order chi connectivity index (χ1) is 3.29. The van der Waals surface area contributed by atoms with Crippen molar-refractivity contribution in [3.63, 3.8) is 0 Å². The van der Waals surface area contributed by atoms with Crippen LogP contribution in [0.3, 0.4) is 0 Å². The molecule has 1 fully saturated rings. The van der Waals surface area contributed by atoms with Gasteiger partial charge in [0, 0.05) is 0 Å². The molecule has 0 amide bonds. The second-order valence-corrected chi connectivity index (χ2v) is 2.57. The van der Waals surface area contributed by atoms with Crippen molar-refractivity contribution in [2.75, 3.05) is 0 Å². The fraction of sp³-hybridized carbons (Fsp3) is 1.00. The molecule has 1 N–H and O–H groups in total. The number of aliphatic hydroxyl groups is 1. The maximum absolute atomic E-state index is 8.90. The molecule has 1 aliphatic rings. The van der Waals surface area contributed by atoms with Gasteiger partial charge in [-0.3, -0.25) is 0 Å². The smallest absolute Gasteiger partial charge is 0.0542 e. The Morgan fingerprint density at radius 2 is 2.14 bits per heavy atom. The summed E-state index contributed by atoms with van der Waals surface area (Å²) in [6.07, 6.45) is 3.30. The standard InChI is InChI=1S/C6H12O/c1-5-2-3-6(7)4-5/h5-7H,2-4H2,1H3/t5-,6+/m1/s1. The normalized spacial score (nSPS) is 42.0. The molecule has 42 valence electrons. The van der Waals surface area contributed by atoms with Gasteiger partial charge in [-0.05, 0) is 25.2 Å². The Hall–Kier alpha value is -0.0400. The van der Waals surface area contributed by atoms with Crippen LogP contribution in [0.1, 0.15) is 26.2 Å². The Balaban J connectivity index is 2.26. The fourth-order valence-corrected chi connectivity index (χ4v) is 1.18. The SMILES string of the molecule is C[C@@H]1CC[C@H](O)C1. The second kappa shape index (κ2) is 1.83. The Kier molecular flexibility index (Phi) is 1.33. The van der Waals surface area contributed by atoms with Gasteiger partial charge < -0.3 is 5.11 Å². The average molecular weight is 100 g/mol. The Bertz CT molecular complexity index is 53.2. The van der Waals surface area contributed by atoms with Crippen molar-refractivity contribution in [2.24, 2.45) is 5.92 Å². The van der Waals surface area contributed by atoms with Gasteiger partial charge in [-0.15, -0.1) is 0 Å². The van der Waals surface area contributed by atoms with Gasteiger partial charge in [0.25, 0.3) is 0 Å². The lowest BCUT2D eigenvalue weighted by molar-refractivity contribution is 0.179. The number of hydrogen-bond donors (Lipinski definition) is 1. The van der Waals surface area contributed by atoms with Crippen LogP contribution in [0, 0.1) is 5.92 Å². The molecular formula is C6H12O. The molecule has 2 atom stereocenters. The highest BCUT2D eigenvalue weighted by atomic mass is 16.3. The minimum atomic E-state index is 0.0231. The Morgan fingerprint density at radius 3 is 2.29 bits per heavy atom. The van der Waals surface area contributed by atoms with E-state index in [1.54, 1.807) is 0 Å². The zero-order chi connectivity index (χ0) is 5.28. The van der Waals surface area contributed by atoms with Gasteiger partial charge in [0.1, 0.15) is 0 Å². The van der Waals surface area contributed by atoms with Gasteiger partial charge in [0.05, 0.1) is 6.10 Å². The first kappa shape index (κ1) is 5.10. The highest BCUT2D eigenvalue weighted by Gasteiger charge is 2.17. The summed E-state index contributed by atoms with van der Waals surface area (Å²) in [5.41, 5.74) is 0. The summed E-state index contributed by atoms with van der Waals surface area (Å²) in [4.78, 5) is 0. The van der Waals surface area contributed by atoms with E-state index in [1.165, 1.54) is 6.42 Å². The van der Waals surface area contributed by atoms with Crippen LogP contribution in [0.15, 0.2) is 0 Å². The molecule has 0 aromatic carbocycles. The molecule has 0 spiro atoms. The van der Waals surface area contributed by atoms with Gasteiger partial charge >= 0.3 is 0 Å². The predicted octanol–water partition coefficient (Wildman–Crippen LogP) is 1.17. The number of hydrogen-bond acceptors (Lipinski definition) is 1. The van der Waals surface area contributed by atoms with Crippen molar-refractivity contribution in [3.05, 3.63) is 0 Å². The Morgan fingerprint density at radius 1 is 1.43 bits per heavy atom. The summed E-state index contributed by atoms with van der Waals surface area (Å²) in [5, 5.41) is 8.90. The van der Waals surface area contributed by atoms with Crippen LogP contribution in [0.25, 0.3) is 0 Å². The lowest BCUT2D eigenvalue weighted by Gasteiger charge is -1.95. The van der Waals surface area contributed by atoms with Crippen LogP contribution in [-0.2, 0) is 0 Å². The fourth-order valence-electron chi connectivity index (χ4n) is 1.18. The topological polar surface area (TPSA) is 20.2 Å². The van der Waals surface area contributed by atoms with Crippen molar-refractivity contribution < 1.29 is 5.11 Å². The zero-order valence-corrected chi connectivity index (χ0v) is 4.72. The molecule has 0 aromatic rings. The summed E-state index contributed by atoms with van der Waals surface area (Å²) in [6, 6.07) is 0. The minimum absolute atomic E-state index is 0.0231. The lowest BCUT2D eigenvalue weighted by Crippen LogP contribution is -1.97. The summed E-state index contributed by atoms with van der Waals surface area (Å²) in [7, 11) is 0. The molecule has 0 heterocycles. The van der Waals surface area contributed by atoms with E-state index in [0.717, 1.165) is 18.8 Å². The molecule has 0 radical (unpaired) electrons. The second-order valence-electron chi connectivity index (χ2n) is 2.57. The first-order valence-electron chi connectivity index (χ1n) is 2.97. The third-order valence-electron chi connectivity index (χ3n) is 1.67. The largest absolute Gasteiger partial charge is 0.393 e. The van der Waals surface area contributed by atoms with Gasteiger partial charge in [0.2, 0.25) is 0 Å². The van der Waals surface area contributed by atoms with E-state index in [9.17, 15) is 0 Å². The zero-order valence-electron chi connectivity index (χ0n) is 4.72. The van der Waals surface area contributed by atoms with E-state index < -0.39 is 0 Å². The summed E-state index contributed by atoms with van der Waals surface area (Å²) < 4.78 is 0. The third kappa shape index (κ3) is 1.16. The van der Waals surface area contributed by atoms with E-state index in [-0.39, 0.29) is 6.10 Å². The Labute approximate surface area is 44.4 Å². The first-order valence-corrected chi connectivity index (χ1v) is 2.97. The van der Waals surface area contributed by atoms with Crippen molar-refractivity contribution in [2.45, 2.75) is 32.3 Å². The van der Waals surface area contributed by atoms with E-state index in [2.05, 4.69) is 6.92 Å². The molecule has 0 aromatic heterocycles. The minimum Gasteiger partial charge on any atom is -0.393 e. The summed E-state index contributed by atoms with van der Waals surface area (Å²) >= 11 is 0. The highest BCUT2D eigenvalue weighted by molar-refractivity contribution is 4.70. The quantitative estimate of drug-likeness (QED) is 0.484. The number of aliphatic hydroxyl groups excluding tert-OH is 1. The van der Waals surface area contributed by atoms with Gasteiger partial charge in [-0.25, -0.2) is 0 Å². The van der Waals surface area contributed by atoms with Crippen molar-refractivity contribution in [3.8, 4) is 0 Å². The van der Waals surface area contributed by atoms with E-state index in [4.69, 9.17) is 5.11 Å². The molecule has 1 saturated carbocycles. The molecule has 1 aliphatic carbocycles. The van der Waals surface area contributed by atoms with Crippen LogP contribution < -0.4 is 0 Å². The predicted molar refractivity (Wildman–Crippen MR) is 29.0 cm³/mol. The molecule has 0 unspecified atom stereocenters. The van der Waals surface area contributed by atoms with Crippen LogP contribution in [0.2, 0.25) is 0 Å². The third-order valence-corrected chi connectivity index (χ3v) is 1.67. The maximum atomic E-state index is 8.90. The van der Waals surface area contributed by atoms with Crippen molar-refractivity contribution >= 4 is 0 Å². The van der Waals surface area contributed by atoms with Gasteiger partial charge in [-0.2, -0.15) is 0 Å². The molecule has 1 rings (SSSR count). The van der Waals surface area contributed by atoms with E-state index >= 15 is 0 Å². The van der Waals surface area contributed by atoms with Gasteiger partial charge in [0.15, 0.2) is 0 Å². The van der Waals surface area contributed by atoms with Crippen molar-refractivity contribution in [1.82, 2.24) is 0 Å². The van der Waals surface area contributed by atoms with E-state index in [1.807, 2.05) is 0 Å². The highest BCUT2D eigenvalue weighted by Crippen LogP contribution is 2.23. The van der Waals surface area contributed by atoms with Crippen LogP contribution in [0.5, 0.6) is 0 Å². The van der Waals surface area contributed by atoms with Crippen LogP contribution >= 0.6 is 0 Å². The molecule has 0 bridgehead atoms. The molecule has 7 heavy (non-hydrogen) atoms. The molecule has 1 heteroatoms. The summed E-state index contributed by atoms with van der Waals surface area (Å²) in [6.45, 7) is 2.19. The molecule has 0 saturated heterocycles. The monoisotopic (exact) mass is 100 g/mol. The van der Waals surface area contributed by atoms with Crippen molar-refractivity contribution in [1.29, 1.82) is 0 Å². The van der Waals surface area contributed by atoms with Crippen LogP contribution in [0.4, 0.5) is 0 Å². The van der Waals surface area contributed by atoms with E-state index in [0.29, 0.717) is 0 Å². The number of rotatable bonds is 0.